The van der Waals surface area contributed by atoms with E-state index < -0.39 is 28.4 Å². The summed E-state index contributed by atoms with van der Waals surface area (Å²) in [5.41, 5.74) is 0. The Morgan fingerprint density at radius 1 is 1.47 bits per heavy atom. The lowest BCUT2D eigenvalue weighted by Crippen LogP contribution is -2.51. The topological polar surface area (TPSA) is 125 Å². The first-order valence-electron chi connectivity index (χ1n) is 3.73. The molecule has 0 heterocycles. The summed E-state index contributed by atoms with van der Waals surface area (Å²) in [6.07, 6.45) is -1.16. The van der Waals surface area contributed by atoms with Crippen LogP contribution in [0.2, 0.25) is 0 Å². The minimum absolute atomic E-state index is 0.0396. The summed E-state index contributed by atoms with van der Waals surface area (Å²) in [4.78, 5) is 27.2. The van der Waals surface area contributed by atoms with Crippen LogP contribution in [0, 0.1) is 20.2 Å². The van der Waals surface area contributed by atoms with Crippen molar-refractivity contribution < 1.29 is 23.8 Å². The molecule has 0 aliphatic heterocycles. The van der Waals surface area contributed by atoms with Crippen molar-refractivity contribution in [1.29, 1.82) is 0 Å². The summed E-state index contributed by atoms with van der Waals surface area (Å²) in [7, 11) is 0. The van der Waals surface area contributed by atoms with E-state index in [0.29, 0.717) is 0 Å². The van der Waals surface area contributed by atoms with Crippen LogP contribution < -0.4 is 5.32 Å². The average molecular weight is 225 g/mol. The van der Waals surface area contributed by atoms with Gasteiger partial charge in [0, 0.05) is 0 Å². The Morgan fingerprint density at radius 3 is 2.27 bits per heavy atom. The van der Waals surface area contributed by atoms with E-state index in [9.17, 15) is 29.4 Å². The first kappa shape index (κ1) is 13.0. The fourth-order valence-corrected chi connectivity index (χ4v) is 0.563. The van der Waals surface area contributed by atoms with Crippen LogP contribution in [0.25, 0.3) is 0 Å². The molecule has 0 aromatic rings. The van der Waals surface area contributed by atoms with E-state index in [-0.39, 0.29) is 6.61 Å². The quantitative estimate of drug-likeness (QED) is 0.301. The standard InChI is InChI=1S/C5H8FN3O6/c1-2-15-4(10)7-3-5(6,8(11)12)9(13)14/h2-3H2,1H3,(H,7,10). The third-order valence-electron chi connectivity index (χ3n) is 1.29. The van der Waals surface area contributed by atoms with E-state index in [1.165, 1.54) is 6.92 Å². The monoisotopic (exact) mass is 225 g/mol. The normalized spacial score (nSPS) is 10.5. The average Bonchev–Trinajstić information content (AvgIpc) is 2.14. The number of alkyl halides is 1. The third kappa shape index (κ3) is 3.32. The highest BCUT2D eigenvalue weighted by Crippen LogP contribution is 2.11. The number of carbonyl (C=O) groups excluding carboxylic acids is 1. The molecule has 9 nitrogen and oxygen atoms in total. The van der Waals surface area contributed by atoms with Gasteiger partial charge < -0.3 is 10.1 Å². The first-order chi connectivity index (χ1) is 6.84. The Hall–Kier alpha value is -2.00. The van der Waals surface area contributed by atoms with Crippen LogP contribution >= 0.6 is 0 Å². The van der Waals surface area contributed by atoms with Gasteiger partial charge in [0.05, 0.1) is 6.61 Å². The van der Waals surface area contributed by atoms with E-state index in [0.717, 1.165) is 0 Å². The maximum atomic E-state index is 13.0. The van der Waals surface area contributed by atoms with Gasteiger partial charge in [-0.15, -0.1) is 0 Å². The molecule has 0 bridgehead atoms. The molecule has 0 unspecified atom stereocenters. The van der Waals surface area contributed by atoms with Crippen molar-refractivity contribution in [3.8, 4) is 0 Å². The Balaban J connectivity index is 4.39. The van der Waals surface area contributed by atoms with Gasteiger partial charge in [-0.2, -0.15) is 0 Å². The molecule has 0 aromatic heterocycles. The molecule has 0 radical (unpaired) electrons. The molecule has 0 spiro atoms. The fourth-order valence-electron chi connectivity index (χ4n) is 0.563. The van der Waals surface area contributed by atoms with Gasteiger partial charge in [0.25, 0.3) is 0 Å². The Morgan fingerprint density at radius 2 is 1.93 bits per heavy atom. The van der Waals surface area contributed by atoms with Crippen LogP contribution in [0.1, 0.15) is 6.92 Å². The molecule has 10 heteroatoms. The van der Waals surface area contributed by atoms with Gasteiger partial charge in [-0.25, -0.2) is 4.79 Å². The van der Waals surface area contributed by atoms with Crippen LogP contribution in [0.3, 0.4) is 0 Å². The van der Waals surface area contributed by atoms with Crippen molar-refractivity contribution in [2.24, 2.45) is 0 Å². The van der Waals surface area contributed by atoms with E-state index in [1.54, 1.807) is 5.32 Å². The second-order valence-corrected chi connectivity index (χ2v) is 2.31. The lowest BCUT2D eigenvalue weighted by atomic mass is 10.5. The molecule has 0 aliphatic rings. The summed E-state index contributed by atoms with van der Waals surface area (Å²) >= 11 is 0. The van der Waals surface area contributed by atoms with Gasteiger partial charge in [-0.1, -0.05) is 4.39 Å². The van der Waals surface area contributed by atoms with Gasteiger partial charge in [-0.3, -0.25) is 20.2 Å². The van der Waals surface area contributed by atoms with Crippen LogP contribution in [0.4, 0.5) is 9.18 Å². The number of nitrogens with one attached hydrogen (secondary N) is 1. The molecule has 0 saturated carbocycles. The summed E-state index contributed by atoms with van der Waals surface area (Å²) in [6, 6.07) is 0. The highest BCUT2D eigenvalue weighted by atomic mass is 19.2. The van der Waals surface area contributed by atoms with Crippen LogP contribution in [-0.4, -0.2) is 35.0 Å². The number of hydrogen-bond donors (Lipinski definition) is 1. The summed E-state index contributed by atoms with van der Waals surface area (Å²) < 4.78 is 17.2. The molecule has 0 fully saturated rings. The molecule has 86 valence electrons. The van der Waals surface area contributed by atoms with E-state index in [4.69, 9.17) is 0 Å². The van der Waals surface area contributed by atoms with Gasteiger partial charge in [-0.05, 0) is 6.92 Å². The highest BCUT2D eigenvalue weighted by molar-refractivity contribution is 5.67. The maximum Gasteiger partial charge on any atom is 0.631 e. The molecule has 0 atom stereocenters. The molecule has 0 aromatic carbocycles. The Labute approximate surface area is 82.5 Å². The molecule has 0 rings (SSSR count). The second kappa shape index (κ2) is 5.02. The molecular weight excluding hydrogens is 217 g/mol. The Kier molecular flexibility index (Phi) is 4.35. The summed E-state index contributed by atoms with van der Waals surface area (Å²) in [6.45, 7) is 0.0111. The molecule has 0 saturated heterocycles. The summed E-state index contributed by atoms with van der Waals surface area (Å²) in [5, 5.41) is 21.6. The number of amides is 1. The number of carbonyl (C=O) groups is 1. The molecular formula is C5H8FN3O6. The van der Waals surface area contributed by atoms with Gasteiger partial charge in [0.15, 0.2) is 0 Å². The maximum absolute atomic E-state index is 13.0. The number of nitro groups is 2. The van der Waals surface area contributed by atoms with E-state index in [1.807, 2.05) is 0 Å². The largest absolute Gasteiger partial charge is 0.631 e. The van der Waals surface area contributed by atoms with Crippen molar-refractivity contribution in [2.45, 2.75) is 12.8 Å². The van der Waals surface area contributed by atoms with Crippen molar-refractivity contribution in [3.63, 3.8) is 0 Å². The minimum Gasteiger partial charge on any atom is -0.450 e. The van der Waals surface area contributed by atoms with Gasteiger partial charge in [0.1, 0.15) is 9.85 Å². The van der Waals surface area contributed by atoms with Crippen molar-refractivity contribution >= 4 is 6.09 Å². The fraction of sp³-hybridized carbons (Fsp3) is 0.800. The Bertz CT molecular complexity index is 268. The number of halogens is 1. The SMILES string of the molecule is CCOC(=O)NCC(F)([N+](=O)[O-])[N+](=O)[O-]. The number of rotatable bonds is 5. The van der Waals surface area contributed by atoms with Gasteiger partial charge in [0.2, 0.25) is 6.54 Å². The lowest BCUT2D eigenvalue weighted by Gasteiger charge is -2.08. The molecule has 15 heavy (non-hydrogen) atoms. The molecule has 0 aliphatic carbocycles. The zero-order chi connectivity index (χ0) is 12.1. The second-order valence-electron chi connectivity index (χ2n) is 2.31. The van der Waals surface area contributed by atoms with Crippen LogP contribution in [0.15, 0.2) is 0 Å². The van der Waals surface area contributed by atoms with Crippen molar-refractivity contribution in [2.75, 3.05) is 13.2 Å². The number of ether oxygens (including phenoxy) is 1. The number of alkyl carbamates (subject to hydrolysis) is 1. The lowest BCUT2D eigenvalue weighted by molar-refractivity contribution is -0.828. The minimum atomic E-state index is -3.94. The van der Waals surface area contributed by atoms with Crippen LogP contribution in [-0.2, 0) is 4.74 Å². The van der Waals surface area contributed by atoms with Crippen molar-refractivity contribution in [1.82, 2.24) is 5.32 Å². The van der Waals surface area contributed by atoms with E-state index in [2.05, 4.69) is 4.74 Å². The zero-order valence-corrected chi connectivity index (χ0v) is 7.64. The van der Waals surface area contributed by atoms with Crippen molar-refractivity contribution in [3.05, 3.63) is 20.2 Å². The van der Waals surface area contributed by atoms with E-state index >= 15 is 0 Å². The zero-order valence-electron chi connectivity index (χ0n) is 7.64. The first-order valence-corrected chi connectivity index (χ1v) is 3.73. The predicted octanol–water partition coefficient (Wildman–Crippen LogP) is -0.0908. The third-order valence-corrected chi connectivity index (χ3v) is 1.29. The number of nitrogens with zero attached hydrogens (tertiary/aromatic N) is 2. The predicted molar refractivity (Wildman–Crippen MR) is 42.9 cm³/mol. The summed E-state index contributed by atoms with van der Waals surface area (Å²) in [5.74, 6) is -3.94. The smallest absolute Gasteiger partial charge is 0.450 e. The van der Waals surface area contributed by atoms with Crippen LogP contribution in [0.5, 0.6) is 0 Å². The molecule has 1 amide bonds. The van der Waals surface area contributed by atoms with Gasteiger partial charge >= 0.3 is 12.0 Å². The highest BCUT2D eigenvalue weighted by Gasteiger charge is 2.58. The molecule has 1 N–H and O–H groups in total. The number of hydrogen-bond acceptors (Lipinski definition) is 6.